The molecule has 0 fully saturated rings. The Bertz CT molecular complexity index is 466. The molecule has 0 radical (unpaired) electrons. The first kappa shape index (κ1) is 19.9. The molecule has 0 aliphatic rings. The van der Waals surface area contributed by atoms with Crippen LogP contribution in [0, 0.1) is 13.8 Å². The number of aryl methyl sites for hydroxylation is 2. The van der Waals surface area contributed by atoms with Crippen molar-refractivity contribution in [3.8, 4) is 0 Å². The van der Waals surface area contributed by atoms with Gasteiger partial charge in [-0.2, -0.15) is 0 Å². The summed E-state index contributed by atoms with van der Waals surface area (Å²) in [7, 11) is 1.82. The Balaban J connectivity index is 2.32. The quantitative estimate of drug-likeness (QED) is 0.565. The minimum absolute atomic E-state index is 0.558. The van der Waals surface area contributed by atoms with Gasteiger partial charge in [0.15, 0.2) is 5.96 Å². The topological polar surface area (TPSA) is 52.6 Å². The average molecular weight is 340 g/mol. The number of nitrogens with one attached hydrogen (secondary N) is 2. The zero-order chi connectivity index (χ0) is 17.4. The molecule has 2 N–H and O–H groups in total. The molecule has 132 valence electrons. The molecule has 1 aromatic rings. The average Bonchev–Trinajstić information content (AvgIpc) is 2.79. The lowest BCUT2D eigenvalue weighted by Gasteiger charge is -2.30. The standard InChI is InChI=1S/C17H33N5S/c1-12(2)22(13(3)4)11-10-20-17(18-7)19-9-8-16-21-14(5)15(6)23-16/h12-13H,8-11H2,1-7H3,(H2,18,19,20). The Morgan fingerprint density at radius 1 is 1.13 bits per heavy atom. The first-order chi connectivity index (χ1) is 10.8. The van der Waals surface area contributed by atoms with Crippen molar-refractivity contribution in [2.24, 2.45) is 4.99 Å². The van der Waals surface area contributed by atoms with Crippen LogP contribution in [0.3, 0.4) is 0 Å². The van der Waals surface area contributed by atoms with Crippen LogP contribution in [0.25, 0.3) is 0 Å². The second kappa shape index (κ2) is 9.88. The fraction of sp³-hybridized carbons (Fsp3) is 0.765. The van der Waals surface area contributed by atoms with Gasteiger partial charge in [0.05, 0.1) is 10.7 Å². The van der Waals surface area contributed by atoms with Gasteiger partial charge < -0.3 is 10.6 Å². The van der Waals surface area contributed by atoms with Gasteiger partial charge in [-0.1, -0.05) is 0 Å². The molecule has 1 aromatic heterocycles. The Hall–Kier alpha value is -1.14. The van der Waals surface area contributed by atoms with E-state index in [1.807, 2.05) is 7.05 Å². The van der Waals surface area contributed by atoms with E-state index in [-0.39, 0.29) is 0 Å². The summed E-state index contributed by atoms with van der Waals surface area (Å²) in [4.78, 5) is 12.6. The number of guanidine groups is 1. The molecule has 6 heteroatoms. The van der Waals surface area contributed by atoms with Crippen molar-refractivity contribution in [2.45, 2.75) is 60.0 Å². The lowest BCUT2D eigenvalue weighted by Crippen LogP contribution is -2.45. The summed E-state index contributed by atoms with van der Waals surface area (Å²) < 4.78 is 0. The summed E-state index contributed by atoms with van der Waals surface area (Å²) in [6, 6.07) is 1.12. The van der Waals surface area contributed by atoms with Crippen LogP contribution in [-0.4, -0.2) is 54.6 Å². The largest absolute Gasteiger partial charge is 0.356 e. The van der Waals surface area contributed by atoms with E-state index in [1.165, 1.54) is 9.88 Å². The van der Waals surface area contributed by atoms with Crippen molar-refractivity contribution in [1.29, 1.82) is 0 Å². The van der Waals surface area contributed by atoms with Crippen molar-refractivity contribution < 1.29 is 0 Å². The predicted molar refractivity (Wildman–Crippen MR) is 102 cm³/mol. The normalized spacial score (nSPS) is 12.5. The smallest absolute Gasteiger partial charge is 0.191 e. The van der Waals surface area contributed by atoms with E-state index in [9.17, 15) is 0 Å². The third-order valence-corrected chi connectivity index (χ3v) is 5.05. The highest BCUT2D eigenvalue weighted by molar-refractivity contribution is 7.11. The fourth-order valence-corrected chi connectivity index (χ4v) is 3.50. The second-order valence-corrected chi connectivity index (χ2v) is 7.64. The number of hydrogen-bond donors (Lipinski definition) is 2. The Morgan fingerprint density at radius 3 is 2.22 bits per heavy atom. The molecule has 23 heavy (non-hydrogen) atoms. The zero-order valence-electron chi connectivity index (χ0n) is 15.7. The van der Waals surface area contributed by atoms with Gasteiger partial charge in [0.25, 0.3) is 0 Å². The van der Waals surface area contributed by atoms with Gasteiger partial charge in [0, 0.05) is 50.1 Å². The molecule has 5 nitrogen and oxygen atoms in total. The Labute approximate surface area is 145 Å². The minimum atomic E-state index is 0.558. The lowest BCUT2D eigenvalue weighted by atomic mass is 10.2. The van der Waals surface area contributed by atoms with E-state index in [0.717, 1.165) is 37.7 Å². The highest BCUT2D eigenvalue weighted by Gasteiger charge is 2.12. The summed E-state index contributed by atoms with van der Waals surface area (Å²) in [5.41, 5.74) is 1.15. The third-order valence-electron chi connectivity index (χ3n) is 3.92. The molecule has 0 aliphatic carbocycles. The number of aliphatic imine (C=N–C) groups is 1. The maximum Gasteiger partial charge on any atom is 0.191 e. The number of thiazole rings is 1. The first-order valence-corrected chi connectivity index (χ1v) is 9.30. The molecule has 0 saturated carbocycles. The zero-order valence-corrected chi connectivity index (χ0v) is 16.5. The lowest BCUT2D eigenvalue weighted by molar-refractivity contribution is 0.178. The van der Waals surface area contributed by atoms with Crippen LogP contribution in [0.5, 0.6) is 0 Å². The van der Waals surface area contributed by atoms with E-state index in [1.54, 1.807) is 11.3 Å². The van der Waals surface area contributed by atoms with Crippen LogP contribution >= 0.6 is 11.3 Å². The monoisotopic (exact) mass is 339 g/mol. The molecule has 0 aromatic carbocycles. The molecule has 0 amide bonds. The van der Waals surface area contributed by atoms with E-state index < -0.39 is 0 Å². The van der Waals surface area contributed by atoms with Crippen molar-refractivity contribution in [3.05, 3.63) is 15.6 Å². The molecule has 1 heterocycles. The second-order valence-electron chi connectivity index (χ2n) is 6.35. The fourth-order valence-electron chi connectivity index (χ4n) is 2.57. The highest BCUT2D eigenvalue weighted by atomic mass is 32.1. The van der Waals surface area contributed by atoms with Crippen LogP contribution in [0.4, 0.5) is 0 Å². The predicted octanol–water partition coefficient (Wildman–Crippen LogP) is 2.59. The van der Waals surface area contributed by atoms with Crippen molar-refractivity contribution in [1.82, 2.24) is 20.5 Å². The van der Waals surface area contributed by atoms with E-state index >= 15 is 0 Å². The number of aromatic nitrogens is 1. The molecular formula is C17H33N5S. The van der Waals surface area contributed by atoms with Crippen LogP contribution in [0.2, 0.25) is 0 Å². The van der Waals surface area contributed by atoms with Crippen LogP contribution in [0.1, 0.15) is 43.3 Å². The van der Waals surface area contributed by atoms with E-state index in [4.69, 9.17) is 0 Å². The first-order valence-electron chi connectivity index (χ1n) is 8.48. The highest BCUT2D eigenvalue weighted by Crippen LogP contribution is 2.16. The maximum atomic E-state index is 4.57. The van der Waals surface area contributed by atoms with Gasteiger partial charge in [0.1, 0.15) is 0 Å². The summed E-state index contributed by atoms with van der Waals surface area (Å²) in [6.07, 6.45) is 0.935. The van der Waals surface area contributed by atoms with Crippen LogP contribution in [-0.2, 0) is 6.42 Å². The Kier molecular flexibility index (Phi) is 8.55. The van der Waals surface area contributed by atoms with Crippen molar-refractivity contribution in [2.75, 3.05) is 26.7 Å². The molecule has 0 saturated heterocycles. The molecule has 0 bridgehead atoms. The molecule has 0 atom stereocenters. The van der Waals surface area contributed by atoms with Gasteiger partial charge in [-0.05, 0) is 41.5 Å². The third kappa shape index (κ3) is 6.87. The molecular weight excluding hydrogens is 306 g/mol. The van der Waals surface area contributed by atoms with Crippen LogP contribution in [0.15, 0.2) is 4.99 Å². The summed E-state index contributed by atoms with van der Waals surface area (Å²) in [5.74, 6) is 0.863. The van der Waals surface area contributed by atoms with E-state index in [2.05, 4.69) is 67.1 Å². The SMILES string of the molecule is CN=C(NCCc1nc(C)c(C)s1)NCCN(C(C)C)C(C)C. The van der Waals surface area contributed by atoms with Gasteiger partial charge in [-0.15, -0.1) is 11.3 Å². The summed E-state index contributed by atoms with van der Waals surface area (Å²) >= 11 is 1.78. The Morgan fingerprint density at radius 2 is 1.74 bits per heavy atom. The summed E-state index contributed by atoms with van der Waals surface area (Å²) in [6.45, 7) is 15.9. The molecule has 0 spiro atoms. The van der Waals surface area contributed by atoms with Crippen LogP contribution < -0.4 is 10.6 Å². The van der Waals surface area contributed by atoms with Gasteiger partial charge in [0.2, 0.25) is 0 Å². The molecule has 0 aliphatic heterocycles. The van der Waals surface area contributed by atoms with Gasteiger partial charge in [-0.3, -0.25) is 9.89 Å². The van der Waals surface area contributed by atoms with Crippen molar-refractivity contribution >= 4 is 17.3 Å². The van der Waals surface area contributed by atoms with Gasteiger partial charge in [-0.25, -0.2) is 4.98 Å². The molecule has 1 rings (SSSR count). The summed E-state index contributed by atoms with van der Waals surface area (Å²) in [5, 5.41) is 7.95. The van der Waals surface area contributed by atoms with Gasteiger partial charge >= 0.3 is 0 Å². The van der Waals surface area contributed by atoms with E-state index in [0.29, 0.717) is 12.1 Å². The number of hydrogen-bond acceptors (Lipinski definition) is 4. The number of nitrogens with zero attached hydrogens (tertiary/aromatic N) is 3. The minimum Gasteiger partial charge on any atom is -0.356 e. The van der Waals surface area contributed by atoms with Crippen molar-refractivity contribution in [3.63, 3.8) is 0 Å². The molecule has 0 unspecified atom stereocenters. The maximum absolute atomic E-state index is 4.57. The number of rotatable bonds is 8.